The predicted octanol–water partition coefficient (Wildman–Crippen LogP) is 3.18. The van der Waals surface area contributed by atoms with E-state index in [4.69, 9.17) is 5.73 Å². The first-order chi connectivity index (χ1) is 16.8. The van der Waals surface area contributed by atoms with Crippen molar-refractivity contribution in [1.82, 2.24) is 24.5 Å². The minimum atomic E-state index is -3.76. The van der Waals surface area contributed by atoms with E-state index < -0.39 is 6.29 Å². The highest BCUT2D eigenvalue weighted by molar-refractivity contribution is 5.97. The van der Waals surface area contributed by atoms with Crippen molar-refractivity contribution < 1.29 is 22.6 Å². The summed E-state index contributed by atoms with van der Waals surface area (Å²) in [7, 11) is 0. The highest BCUT2D eigenvalue weighted by Gasteiger charge is 2.51. The number of halogens is 3. The molecule has 4 aromatic rings. The first-order valence-electron chi connectivity index (χ1n) is 11.3. The van der Waals surface area contributed by atoms with Crippen LogP contribution in [0.2, 0.25) is 0 Å². The van der Waals surface area contributed by atoms with Crippen LogP contribution in [0.1, 0.15) is 18.7 Å². The first-order valence-corrected chi connectivity index (χ1v) is 11.3. The highest BCUT2D eigenvalue weighted by Crippen LogP contribution is 2.47. The number of nitrogens with two attached hydrogens (primary N) is 1. The van der Waals surface area contributed by atoms with Crippen molar-refractivity contribution in [2.75, 3.05) is 30.3 Å². The van der Waals surface area contributed by atoms with E-state index in [9.17, 15) is 13.2 Å². The Morgan fingerprint density at radius 2 is 1.91 bits per heavy atom. The number of fused-ring (bicyclic) bond motifs is 5. The quantitative estimate of drug-likeness (QED) is 0.475. The summed E-state index contributed by atoms with van der Waals surface area (Å²) in [5, 5.41) is 5.04. The SMILES string of the molecule is Nc1nc2c3c(ccc2c2nc(CN4CCN(c5cccc(F)c5)CC45CC5)nn12)OC(F)(F)O3. The Labute approximate surface area is 196 Å². The van der Waals surface area contributed by atoms with Gasteiger partial charge in [0.15, 0.2) is 23.0 Å². The van der Waals surface area contributed by atoms with Crippen LogP contribution < -0.4 is 20.1 Å². The molecule has 2 N–H and O–H groups in total. The van der Waals surface area contributed by atoms with Crippen molar-refractivity contribution in [3.63, 3.8) is 0 Å². The summed E-state index contributed by atoms with van der Waals surface area (Å²) in [5.41, 5.74) is 7.54. The van der Waals surface area contributed by atoms with Crippen molar-refractivity contribution in [2.45, 2.75) is 31.2 Å². The standard InChI is InChI=1S/C23H20F3N7O2/c24-13-2-1-3-14(10-13)31-8-9-32(22(12-31)6-7-22)11-17-28-20-15-4-5-16-19(35-23(25,26)34-16)18(15)29-21(27)33(20)30-17/h1-5,10H,6-9,11-12H2,(H2,27,29). The molecule has 1 aliphatic carbocycles. The van der Waals surface area contributed by atoms with Gasteiger partial charge in [-0.3, -0.25) is 4.90 Å². The van der Waals surface area contributed by atoms with Gasteiger partial charge in [-0.15, -0.1) is 13.9 Å². The summed E-state index contributed by atoms with van der Waals surface area (Å²) in [6.07, 6.45) is -1.68. The smallest absolute Gasteiger partial charge is 0.395 e. The van der Waals surface area contributed by atoms with Gasteiger partial charge >= 0.3 is 6.29 Å². The lowest BCUT2D eigenvalue weighted by Gasteiger charge is -2.42. The fourth-order valence-corrected chi connectivity index (χ4v) is 5.15. The second-order valence-electron chi connectivity index (χ2n) is 9.24. The molecule has 0 amide bonds. The number of nitrogens with zero attached hydrogens (tertiary/aromatic N) is 6. The molecule has 180 valence electrons. The molecule has 0 atom stereocenters. The summed E-state index contributed by atoms with van der Waals surface area (Å²) in [4.78, 5) is 13.5. The lowest BCUT2D eigenvalue weighted by Crippen LogP contribution is -2.54. The van der Waals surface area contributed by atoms with Crippen molar-refractivity contribution in [2.24, 2.45) is 0 Å². The van der Waals surface area contributed by atoms with E-state index in [-0.39, 0.29) is 34.3 Å². The maximum atomic E-state index is 13.7. The van der Waals surface area contributed by atoms with Crippen LogP contribution >= 0.6 is 0 Å². The lowest BCUT2D eigenvalue weighted by molar-refractivity contribution is -0.286. The van der Waals surface area contributed by atoms with Gasteiger partial charge in [-0.1, -0.05) is 6.07 Å². The maximum Gasteiger partial charge on any atom is 0.586 e. The molecule has 2 fully saturated rings. The van der Waals surface area contributed by atoms with Gasteiger partial charge < -0.3 is 20.1 Å². The topological polar surface area (TPSA) is 94.0 Å². The third-order valence-corrected chi connectivity index (χ3v) is 7.01. The van der Waals surface area contributed by atoms with E-state index in [0.717, 1.165) is 38.2 Å². The molecular formula is C23H20F3N7O2. The fourth-order valence-electron chi connectivity index (χ4n) is 5.15. The summed E-state index contributed by atoms with van der Waals surface area (Å²) in [6, 6.07) is 9.67. The number of piperazine rings is 1. The van der Waals surface area contributed by atoms with Crippen LogP contribution in [0.25, 0.3) is 16.6 Å². The highest BCUT2D eigenvalue weighted by atomic mass is 19.3. The zero-order chi connectivity index (χ0) is 23.9. The average molecular weight is 483 g/mol. The monoisotopic (exact) mass is 483 g/mol. The predicted molar refractivity (Wildman–Crippen MR) is 120 cm³/mol. The minimum absolute atomic E-state index is 0.00844. The molecule has 0 unspecified atom stereocenters. The van der Waals surface area contributed by atoms with E-state index >= 15 is 0 Å². The van der Waals surface area contributed by atoms with Gasteiger partial charge in [0.2, 0.25) is 5.95 Å². The Kier molecular flexibility index (Phi) is 4.04. The summed E-state index contributed by atoms with van der Waals surface area (Å²) in [5.74, 6) is 0.0467. The zero-order valence-electron chi connectivity index (χ0n) is 18.4. The van der Waals surface area contributed by atoms with E-state index in [1.807, 2.05) is 6.07 Å². The second kappa shape index (κ2) is 6.87. The van der Waals surface area contributed by atoms with Crippen LogP contribution in [0.5, 0.6) is 11.5 Å². The lowest BCUT2D eigenvalue weighted by atomic mass is 10.1. The van der Waals surface area contributed by atoms with Gasteiger partial charge in [0.1, 0.15) is 11.3 Å². The number of rotatable bonds is 3. The van der Waals surface area contributed by atoms with Crippen molar-refractivity contribution in [3.05, 3.63) is 48.0 Å². The van der Waals surface area contributed by atoms with E-state index in [1.165, 1.54) is 16.6 Å². The molecule has 1 spiro atoms. The largest absolute Gasteiger partial charge is 0.586 e. The minimum Gasteiger partial charge on any atom is -0.395 e. The van der Waals surface area contributed by atoms with Crippen molar-refractivity contribution >= 4 is 28.2 Å². The molecule has 0 radical (unpaired) electrons. The van der Waals surface area contributed by atoms with Gasteiger partial charge in [0.05, 0.1) is 6.54 Å². The number of nitrogen functional groups attached to an aromatic ring is 1. The van der Waals surface area contributed by atoms with Crippen LogP contribution in [-0.2, 0) is 6.54 Å². The van der Waals surface area contributed by atoms with E-state index in [0.29, 0.717) is 23.4 Å². The Morgan fingerprint density at radius 1 is 1.06 bits per heavy atom. The fraction of sp³-hybridized carbons (Fsp3) is 0.348. The Bertz CT molecular complexity index is 1500. The van der Waals surface area contributed by atoms with Gasteiger partial charge in [-0.25, -0.2) is 14.4 Å². The molecule has 2 aromatic heterocycles. The Morgan fingerprint density at radius 3 is 2.71 bits per heavy atom. The number of alkyl halides is 2. The first kappa shape index (κ1) is 20.6. The number of anilines is 2. The molecule has 35 heavy (non-hydrogen) atoms. The van der Waals surface area contributed by atoms with Crippen molar-refractivity contribution in [1.29, 1.82) is 0 Å². The molecule has 7 rings (SSSR count). The number of benzene rings is 2. The Hall–Kier alpha value is -3.80. The summed E-state index contributed by atoms with van der Waals surface area (Å²) < 4.78 is 51.6. The molecule has 3 aliphatic rings. The molecule has 2 aliphatic heterocycles. The number of aromatic nitrogens is 4. The molecule has 2 aromatic carbocycles. The van der Waals surface area contributed by atoms with Crippen LogP contribution in [0.3, 0.4) is 0 Å². The zero-order valence-corrected chi connectivity index (χ0v) is 18.4. The number of ether oxygens (including phenoxy) is 2. The third-order valence-electron chi connectivity index (χ3n) is 7.01. The molecule has 4 heterocycles. The molecule has 1 saturated carbocycles. The molecular weight excluding hydrogens is 463 g/mol. The number of hydrogen-bond acceptors (Lipinski definition) is 8. The van der Waals surface area contributed by atoms with Gasteiger partial charge in [0, 0.05) is 36.2 Å². The van der Waals surface area contributed by atoms with Gasteiger partial charge in [0.25, 0.3) is 0 Å². The molecule has 1 saturated heterocycles. The molecule has 0 bridgehead atoms. The maximum absolute atomic E-state index is 13.7. The van der Waals surface area contributed by atoms with E-state index in [2.05, 4.69) is 34.3 Å². The van der Waals surface area contributed by atoms with E-state index in [1.54, 1.807) is 18.2 Å². The Balaban J connectivity index is 1.19. The van der Waals surface area contributed by atoms with Gasteiger partial charge in [-0.05, 0) is 43.2 Å². The normalized spacial score (nSPS) is 20.3. The number of hydrogen-bond donors (Lipinski definition) is 1. The van der Waals surface area contributed by atoms with Crippen LogP contribution in [-0.4, -0.2) is 55.9 Å². The van der Waals surface area contributed by atoms with Gasteiger partial charge in [-0.2, -0.15) is 4.52 Å². The average Bonchev–Trinajstić information content (AvgIpc) is 3.30. The molecule has 9 nitrogen and oxygen atoms in total. The summed E-state index contributed by atoms with van der Waals surface area (Å²) >= 11 is 0. The molecule has 12 heteroatoms. The van der Waals surface area contributed by atoms with Crippen LogP contribution in [0.15, 0.2) is 36.4 Å². The third kappa shape index (κ3) is 3.23. The van der Waals surface area contributed by atoms with Crippen molar-refractivity contribution in [3.8, 4) is 11.5 Å². The van der Waals surface area contributed by atoms with Crippen LogP contribution in [0.4, 0.5) is 24.8 Å². The van der Waals surface area contributed by atoms with Crippen LogP contribution in [0, 0.1) is 5.82 Å². The summed E-state index contributed by atoms with van der Waals surface area (Å²) in [6.45, 7) is 2.83. The second-order valence-corrected chi connectivity index (χ2v) is 9.24.